The molecule has 4 aromatic heterocycles. The zero-order valence-corrected chi connectivity index (χ0v) is 36.4. The van der Waals surface area contributed by atoms with Crippen molar-refractivity contribution in [2.45, 2.75) is 91.9 Å². The average Bonchev–Trinajstić information content (AvgIpc) is 4.20. The van der Waals surface area contributed by atoms with Gasteiger partial charge in [0.1, 0.15) is 21.0 Å². The molecule has 2 aliphatic carbocycles. The maximum Gasteiger partial charge on any atom is 0.322 e. The lowest BCUT2D eigenvalue weighted by atomic mass is 9.97. The zero-order valence-electron chi connectivity index (χ0n) is 34.8. The topological polar surface area (TPSA) is 114 Å². The van der Waals surface area contributed by atoms with Crippen molar-refractivity contribution >= 4 is 79.3 Å². The molecule has 4 heterocycles. The van der Waals surface area contributed by atoms with Crippen LogP contribution in [0.1, 0.15) is 88.3 Å². The average molecular weight is 847 g/mol. The number of carbonyl (C=O) groups is 2. The molecule has 0 radical (unpaired) electrons. The van der Waals surface area contributed by atoms with Gasteiger partial charge in [0, 0.05) is 23.2 Å². The van der Waals surface area contributed by atoms with Gasteiger partial charge in [-0.05, 0) is 129 Å². The smallest absolute Gasteiger partial charge is 0.322 e. The summed E-state index contributed by atoms with van der Waals surface area (Å²) >= 11 is 2.80. The molecule has 0 saturated heterocycles. The van der Waals surface area contributed by atoms with Crippen molar-refractivity contribution in [3.8, 4) is 11.4 Å². The van der Waals surface area contributed by atoms with Gasteiger partial charge in [0.15, 0.2) is 21.6 Å². The van der Waals surface area contributed by atoms with E-state index < -0.39 is 10.00 Å². The van der Waals surface area contributed by atoms with Crippen LogP contribution in [-0.4, -0.2) is 64.2 Å². The maximum atomic E-state index is 13.3. The lowest BCUT2D eigenvalue weighted by molar-refractivity contribution is -0.145. The third-order valence-electron chi connectivity index (χ3n) is 11.9. The molecule has 12 heteroatoms. The SMILES string of the molecule is CCOC(=O)C(C)Sc1nc2cccnc2n1-c1ccc(C2CC2c2ccnc3c2nc(SC(C)(C)C(=O)OCC)n3-c2ccc(C3CC3)c3ccccc23)c2ccccc12. The zero-order chi connectivity index (χ0) is 42.0. The Balaban J connectivity index is 1.07. The summed E-state index contributed by atoms with van der Waals surface area (Å²) < 4.78 is 14.2. The number of imidazole rings is 2. The van der Waals surface area contributed by atoms with Crippen molar-refractivity contribution in [1.29, 1.82) is 0 Å². The second-order valence-corrected chi connectivity index (χ2v) is 19.3. The van der Waals surface area contributed by atoms with E-state index in [-0.39, 0.29) is 23.8 Å². The van der Waals surface area contributed by atoms with Gasteiger partial charge in [-0.25, -0.2) is 19.9 Å². The molecule has 4 aromatic carbocycles. The number of rotatable bonds is 13. The van der Waals surface area contributed by atoms with E-state index in [2.05, 4.69) is 88.0 Å². The third kappa shape index (κ3) is 7.03. The van der Waals surface area contributed by atoms with Gasteiger partial charge in [-0.15, -0.1) is 0 Å². The lowest BCUT2D eigenvalue weighted by Crippen LogP contribution is -2.30. The van der Waals surface area contributed by atoms with Crippen LogP contribution < -0.4 is 0 Å². The molecule has 3 atom stereocenters. The third-order valence-corrected chi connectivity index (χ3v) is 14.1. The first-order chi connectivity index (χ1) is 29.7. The minimum Gasteiger partial charge on any atom is -0.465 e. The quantitative estimate of drug-likeness (QED) is 0.0820. The van der Waals surface area contributed by atoms with Crippen LogP contribution in [0.3, 0.4) is 0 Å². The number of hydrogen-bond donors (Lipinski definition) is 0. The number of fused-ring (bicyclic) bond motifs is 4. The van der Waals surface area contributed by atoms with E-state index in [0.29, 0.717) is 29.4 Å². The molecule has 0 aliphatic heterocycles. The van der Waals surface area contributed by atoms with Gasteiger partial charge in [0.25, 0.3) is 0 Å². The second-order valence-electron chi connectivity index (χ2n) is 16.4. The summed E-state index contributed by atoms with van der Waals surface area (Å²) in [5.74, 6) is 0.490. The van der Waals surface area contributed by atoms with Gasteiger partial charge < -0.3 is 9.47 Å². The van der Waals surface area contributed by atoms with E-state index in [4.69, 9.17) is 29.4 Å². The summed E-state index contributed by atoms with van der Waals surface area (Å²) in [4.78, 5) is 46.2. The molecule has 0 amide bonds. The summed E-state index contributed by atoms with van der Waals surface area (Å²) in [7, 11) is 0. The van der Waals surface area contributed by atoms with E-state index in [1.165, 1.54) is 52.9 Å². The number of carbonyl (C=O) groups excluding carboxylic acids is 2. The molecule has 61 heavy (non-hydrogen) atoms. The minimum absolute atomic E-state index is 0.209. The number of nitrogens with zero attached hydrogens (tertiary/aromatic N) is 6. The molecule has 10 nitrogen and oxygen atoms in total. The first kappa shape index (κ1) is 39.4. The highest BCUT2D eigenvalue weighted by Crippen LogP contribution is 2.58. The van der Waals surface area contributed by atoms with Crippen LogP contribution in [0.15, 0.2) is 114 Å². The van der Waals surface area contributed by atoms with Crippen LogP contribution >= 0.6 is 23.5 Å². The molecule has 0 spiro atoms. The van der Waals surface area contributed by atoms with Gasteiger partial charge in [0.2, 0.25) is 0 Å². The van der Waals surface area contributed by atoms with E-state index in [1.54, 1.807) is 6.20 Å². The Kier molecular flexibility index (Phi) is 10.1. The highest BCUT2D eigenvalue weighted by molar-refractivity contribution is 8.01. The molecular formula is C49H46N6O4S2. The van der Waals surface area contributed by atoms with Crippen LogP contribution in [0.4, 0.5) is 0 Å². The fraction of sp³-hybridized carbons (Fsp3) is 0.306. The Morgan fingerprint density at radius 2 is 1.33 bits per heavy atom. The number of pyridine rings is 2. The van der Waals surface area contributed by atoms with Crippen LogP contribution in [-0.2, 0) is 19.1 Å². The van der Waals surface area contributed by atoms with Gasteiger partial charge in [-0.1, -0.05) is 84.2 Å². The van der Waals surface area contributed by atoms with E-state index in [1.807, 2.05) is 52.9 Å². The van der Waals surface area contributed by atoms with Crippen LogP contribution in [0.25, 0.3) is 55.2 Å². The normalized spacial score (nSPS) is 17.0. The van der Waals surface area contributed by atoms with Crippen LogP contribution in [0, 0.1) is 0 Å². The van der Waals surface area contributed by atoms with Gasteiger partial charge in [-0.2, -0.15) is 0 Å². The maximum absolute atomic E-state index is 13.3. The van der Waals surface area contributed by atoms with Crippen molar-refractivity contribution in [3.05, 3.63) is 120 Å². The van der Waals surface area contributed by atoms with E-state index in [9.17, 15) is 9.59 Å². The predicted molar refractivity (Wildman–Crippen MR) is 243 cm³/mol. The molecule has 308 valence electrons. The predicted octanol–water partition coefficient (Wildman–Crippen LogP) is 11.1. The summed E-state index contributed by atoms with van der Waals surface area (Å²) in [6.07, 6.45) is 7.07. The largest absolute Gasteiger partial charge is 0.465 e. The lowest BCUT2D eigenvalue weighted by Gasteiger charge is -2.22. The monoisotopic (exact) mass is 846 g/mol. The Morgan fingerprint density at radius 1 is 0.705 bits per heavy atom. The first-order valence-corrected chi connectivity index (χ1v) is 22.8. The van der Waals surface area contributed by atoms with Crippen molar-refractivity contribution in [1.82, 2.24) is 29.1 Å². The number of ether oxygens (including phenoxy) is 2. The summed E-state index contributed by atoms with van der Waals surface area (Å²) in [5, 5.41) is 5.56. The van der Waals surface area contributed by atoms with Crippen molar-refractivity contribution < 1.29 is 19.1 Å². The van der Waals surface area contributed by atoms with Gasteiger partial charge in [0.05, 0.1) is 24.6 Å². The molecule has 0 N–H and O–H groups in total. The molecule has 2 saturated carbocycles. The van der Waals surface area contributed by atoms with Gasteiger partial charge in [-0.3, -0.25) is 18.7 Å². The molecule has 10 rings (SSSR count). The van der Waals surface area contributed by atoms with Crippen LogP contribution in [0.5, 0.6) is 0 Å². The Morgan fingerprint density at radius 3 is 2.02 bits per heavy atom. The number of hydrogen-bond acceptors (Lipinski definition) is 10. The Bertz CT molecular complexity index is 3030. The van der Waals surface area contributed by atoms with E-state index in [0.717, 1.165) is 61.8 Å². The molecule has 2 aliphatic rings. The molecule has 8 aromatic rings. The minimum atomic E-state index is -0.896. The van der Waals surface area contributed by atoms with E-state index >= 15 is 0 Å². The van der Waals surface area contributed by atoms with Gasteiger partial charge >= 0.3 is 11.9 Å². The fourth-order valence-corrected chi connectivity index (χ4v) is 10.7. The van der Waals surface area contributed by atoms with Crippen molar-refractivity contribution in [2.24, 2.45) is 0 Å². The summed E-state index contributed by atoms with van der Waals surface area (Å²) in [6.45, 7) is 9.94. The molecule has 0 bridgehead atoms. The number of benzene rings is 4. The Labute approximate surface area is 362 Å². The summed E-state index contributed by atoms with van der Waals surface area (Å²) in [6, 6.07) is 32.0. The second kappa shape index (κ2) is 15.6. The highest BCUT2D eigenvalue weighted by Gasteiger charge is 2.43. The molecular weight excluding hydrogens is 801 g/mol. The summed E-state index contributed by atoms with van der Waals surface area (Å²) in [5.41, 5.74) is 8.86. The van der Waals surface area contributed by atoms with Crippen molar-refractivity contribution in [3.63, 3.8) is 0 Å². The molecule has 2 fully saturated rings. The molecule has 3 unspecified atom stereocenters. The number of thioether (sulfide) groups is 2. The fourth-order valence-electron chi connectivity index (χ4n) is 8.74. The standard InChI is InChI=1S/C49H46N6O4S2/c1-6-58-45(56)28(3)60-47-52-39-17-12-25-50-43(39)54(47)40-23-21-33(32-14-9-11-16-35(32)40)37-27-38(37)36-24-26-51-44-42(36)53-48(61-49(4,5)46(57)59-7-2)55(44)41-22-20-30(29-18-19-29)31-13-8-10-15-34(31)41/h8-17,20-26,28-29,37-38H,6-7,18-19,27H2,1-5H3. The van der Waals surface area contributed by atoms with Crippen molar-refractivity contribution in [2.75, 3.05) is 13.2 Å². The first-order valence-electron chi connectivity index (χ1n) is 21.1. The number of esters is 2. The number of aromatic nitrogens is 6. The highest BCUT2D eigenvalue weighted by atomic mass is 32.2. The van der Waals surface area contributed by atoms with Crippen LogP contribution in [0.2, 0.25) is 0 Å². The Hall–Kier alpha value is -5.72.